The van der Waals surface area contributed by atoms with E-state index in [2.05, 4.69) is 5.32 Å². The second kappa shape index (κ2) is 3.24. The lowest BCUT2D eigenvalue weighted by Gasteiger charge is -2.33. The van der Waals surface area contributed by atoms with Crippen molar-refractivity contribution < 1.29 is 19.1 Å². The Balaban J connectivity index is 2.15. The zero-order valence-electron chi connectivity index (χ0n) is 8.04. The van der Waals surface area contributed by atoms with Crippen LogP contribution in [0.5, 0.6) is 0 Å². The molecular formula is C9H13NO4. The van der Waals surface area contributed by atoms with Crippen LogP contribution < -0.4 is 5.32 Å². The molecule has 2 aliphatic heterocycles. The van der Waals surface area contributed by atoms with Gasteiger partial charge in [0.05, 0.1) is 12.7 Å². The molecule has 2 aliphatic rings. The van der Waals surface area contributed by atoms with Crippen LogP contribution in [0.3, 0.4) is 0 Å². The van der Waals surface area contributed by atoms with Crippen molar-refractivity contribution in [1.29, 1.82) is 0 Å². The molecule has 2 unspecified atom stereocenters. The lowest BCUT2D eigenvalue weighted by Crippen LogP contribution is -2.47. The quantitative estimate of drug-likeness (QED) is 0.671. The normalized spacial score (nSPS) is 37.1. The summed E-state index contributed by atoms with van der Waals surface area (Å²) in [5, 5.41) is 2.17. The second-order valence-corrected chi connectivity index (χ2v) is 3.69. The molecule has 2 fully saturated rings. The fraction of sp³-hybridized carbons (Fsp3) is 0.778. The van der Waals surface area contributed by atoms with Crippen LogP contribution in [0, 0.1) is 0 Å². The molecule has 0 aliphatic carbocycles. The van der Waals surface area contributed by atoms with E-state index in [4.69, 9.17) is 9.47 Å². The molecule has 1 spiro atoms. The highest BCUT2D eigenvalue weighted by atomic mass is 16.6. The number of rotatable bonds is 1. The maximum atomic E-state index is 11.5. The lowest BCUT2D eigenvalue weighted by atomic mass is 9.89. The lowest BCUT2D eigenvalue weighted by molar-refractivity contribution is -0.145. The summed E-state index contributed by atoms with van der Waals surface area (Å²) in [4.78, 5) is 22.4. The topological polar surface area (TPSA) is 64.6 Å². The molecule has 14 heavy (non-hydrogen) atoms. The summed E-state index contributed by atoms with van der Waals surface area (Å²) in [7, 11) is 0. The van der Waals surface area contributed by atoms with E-state index in [1.165, 1.54) is 0 Å². The van der Waals surface area contributed by atoms with Crippen LogP contribution in [0.4, 0.5) is 4.79 Å². The molecule has 2 amide bonds. The van der Waals surface area contributed by atoms with Crippen molar-refractivity contribution in [3.8, 4) is 0 Å². The van der Waals surface area contributed by atoms with Crippen molar-refractivity contribution in [3.05, 3.63) is 0 Å². The van der Waals surface area contributed by atoms with Crippen LogP contribution in [0.25, 0.3) is 0 Å². The first-order chi connectivity index (χ1) is 6.66. The van der Waals surface area contributed by atoms with E-state index in [0.717, 1.165) is 6.42 Å². The first-order valence-electron chi connectivity index (χ1n) is 4.82. The summed E-state index contributed by atoms with van der Waals surface area (Å²) in [5.74, 6) is -0.316. The van der Waals surface area contributed by atoms with Gasteiger partial charge in [0.2, 0.25) is 0 Å². The van der Waals surface area contributed by atoms with E-state index in [0.29, 0.717) is 19.4 Å². The first-order valence-corrected chi connectivity index (χ1v) is 4.82. The number of imide groups is 1. The molecule has 0 aromatic heterocycles. The fourth-order valence-electron chi connectivity index (χ4n) is 1.94. The molecule has 0 bridgehead atoms. The Morgan fingerprint density at radius 2 is 2.36 bits per heavy atom. The Bertz CT molecular complexity index is 278. The van der Waals surface area contributed by atoms with Crippen LogP contribution >= 0.6 is 0 Å². The van der Waals surface area contributed by atoms with Gasteiger partial charge in [-0.15, -0.1) is 0 Å². The molecule has 0 aromatic carbocycles. The average molecular weight is 199 g/mol. The predicted octanol–water partition coefficient (Wildman–Crippen LogP) is 0.581. The number of alkyl carbamates (subject to hydrolysis) is 1. The highest BCUT2D eigenvalue weighted by Crippen LogP contribution is 2.33. The zero-order chi connectivity index (χ0) is 10.2. The van der Waals surface area contributed by atoms with Crippen LogP contribution in [0.15, 0.2) is 0 Å². The van der Waals surface area contributed by atoms with Gasteiger partial charge in [-0.3, -0.25) is 10.1 Å². The van der Waals surface area contributed by atoms with E-state index in [1.807, 2.05) is 6.92 Å². The molecule has 2 saturated heterocycles. The van der Waals surface area contributed by atoms with Gasteiger partial charge in [-0.1, -0.05) is 6.92 Å². The van der Waals surface area contributed by atoms with Gasteiger partial charge in [0, 0.05) is 12.8 Å². The van der Waals surface area contributed by atoms with Crippen molar-refractivity contribution in [3.63, 3.8) is 0 Å². The third-order valence-electron chi connectivity index (χ3n) is 2.79. The molecule has 78 valence electrons. The number of hydrogen-bond acceptors (Lipinski definition) is 4. The number of nitrogens with one attached hydrogen (secondary N) is 1. The first kappa shape index (κ1) is 9.45. The largest absolute Gasteiger partial charge is 0.432 e. The second-order valence-electron chi connectivity index (χ2n) is 3.69. The smallest absolute Gasteiger partial charge is 0.415 e. The number of amides is 2. The maximum absolute atomic E-state index is 11.5. The van der Waals surface area contributed by atoms with Gasteiger partial charge in [-0.25, -0.2) is 4.79 Å². The molecule has 5 heteroatoms. The highest BCUT2D eigenvalue weighted by molar-refractivity contribution is 6.02. The van der Waals surface area contributed by atoms with E-state index < -0.39 is 11.7 Å². The molecular weight excluding hydrogens is 186 g/mol. The molecule has 2 atom stereocenters. The maximum Gasteiger partial charge on any atom is 0.415 e. The Morgan fingerprint density at radius 1 is 1.57 bits per heavy atom. The number of hydrogen-bond donors (Lipinski definition) is 1. The molecule has 1 N–H and O–H groups in total. The minimum absolute atomic E-state index is 0.0143. The minimum atomic E-state index is -0.948. The van der Waals surface area contributed by atoms with Crippen LogP contribution in [-0.4, -0.2) is 30.3 Å². The number of ether oxygens (including phenoxy) is 2. The van der Waals surface area contributed by atoms with E-state index in [9.17, 15) is 9.59 Å². The third kappa shape index (κ3) is 1.37. The minimum Gasteiger partial charge on any atom is -0.432 e. The summed E-state index contributed by atoms with van der Waals surface area (Å²) in [6, 6.07) is 0. The molecule has 0 radical (unpaired) electrons. The number of carbonyl (C=O) groups excluding carboxylic acids is 2. The van der Waals surface area contributed by atoms with Crippen molar-refractivity contribution in [2.45, 2.75) is 37.9 Å². The SMILES string of the molecule is CCC1CC2(CCO1)OC(=O)NC2=O. The van der Waals surface area contributed by atoms with Gasteiger partial charge >= 0.3 is 6.09 Å². The standard InChI is InChI=1S/C9H13NO4/c1-2-6-5-9(3-4-13-6)7(11)10-8(12)14-9/h6H,2-5H2,1H3,(H,10,11,12). The molecule has 0 aromatic rings. The third-order valence-corrected chi connectivity index (χ3v) is 2.79. The van der Waals surface area contributed by atoms with Gasteiger partial charge in [0.1, 0.15) is 0 Å². The van der Waals surface area contributed by atoms with Crippen molar-refractivity contribution in [2.24, 2.45) is 0 Å². The van der Waals surface area contributed by atoms with Crippen LogP contribution in [-0.2, 0) is 14.3 Å². The average Bonchev–Trinajstić information content (AvgIpc) is 2.42. The zero-order valence-corrected chi connectivity index (χ0v) is 8.04. The van der Waals surface area contributed by atoms with Gasteiger partial charge in [-0.05, 0) is 6.42 Å². The summed E-state index contributed by atoms with van der Waals surface area (Å²) in [5.41, 5.74) is -0.948. The molecule has 2 rings (SSSR count). The Kier molecular flexibility index (Phi) is 2.19. The van der Waals surface area contributed by atoms with Gasteiger partial charge < -0.3 is 9.47 Å². The van der Waals surface area contributed by atoms with Crippen LogP contribution in [0.2, 0.25) is 0 Å². The molecule has 5 nitrogen and oxygen atoms in total. The Hall–Kier alpha value is -1.10. The monoisotopic (exact) mass is 199 g/mol. The van der Waals surface area contributed by atoms with Gasteiger partial charge in [-0.2, -0.15) is 0 Å². The summed E-state index contributed by atoms with van der Waals surface area (Å²) >= 11 is 0. The molecule has 2 heterocycles. The highest BCUT2D eigenvalue weighted by Gasteiger charge is 2.51. The summed E-state index contributed by atoms with van der Waals surface area (Å²) in [6.07, 6.45) is 1.14. The Labute approximate surface area is 81.7 Å². The summed E-state index contributed by atoms with van der Waals surface area (Å²) in [6.45, 7) is 2.46. The van der Waals surface area contributed by atoms with Crippen molar-refractivity contribution in [2.75, 3.05) is 6.61 Å². The van der Waals surface area contributed by atoms with Crippen LogP contribution in [0.1, 0.15) is 26.2 Å². The number of carbonyl (C=O) groups is 2. The predicted molar refractivity (Wildman–Crippen MR) is 46.6 cm³/mol. The van der Waals surface area contributed by atoms with E-state index in [1.54, 1.807) is 0 Å². The molecule has 0 saturated carbocycles. The van der Waals surface area contributed by atoms with E-state index in [-0.39, 0.29) is 12.0 Å². The van der Waals surface area contributed by atoms with Gasteiger partial charge in [0.25, 0.3) is 5.91 Å². The van der Waals surface area contributed by atoms with Crippen molar-refractivity contribution in [1.82, 2.24) is 5.32 Å². The van der Waals surface area contributed by atoms with Gasteiger partial charge in [0.15, 0.2) is 5.60 Å². The van der Waals surface area contributed by atoms with Crippen molar-refractivity contribution >= 4 is 12.0 Å². The fourth-order valence-corrected chi connectivity index (χ4v) is 1.94. The van der Waals surface area contributed by atoms with E-state index >= 15 is 0 Å². The Morgan fingerprint density at radius 3 is 2.93 bits per heavy atom. The summed E-state index contributed by atoms with van der Waals surface area (Å²) < 4.78 is 10.5.